The van der Waals surface area contributed by atoms with Crippen molar-refractivity contribution in [3.63, 3.8) is 0 Å². The van der Waals surface area contributed by atoms with Crippen LogP contribution >= 0.6 is 0 Å². The number of amides is 4. The molecule has 286 valence electrons. The van der Waals surface area contributed by atoms with Gasteiger partial charge in [0.15, 0.2) is 0 Å². The van der Waals surface area contributed by atoms with E-state index in [-0.39, 0.29) is 30.0 Å². The van der Waals surface area contributed by atoms with E-state index in [9.17, 15) is 19.5 Å². The molecule has 2 aliphatic carbocycles. The summed E-state index contributed by atoms with van der Waals surface area (Å²) in [5.74, 6) is -4.26. The van der Waals surface area contributed by atoms with Crippen LogP contribution in [-0.2, 0) is 31.1 Å². The zero-order valence-electron chi connectivity index (χ0n) is 31.6. The highest BCUT2D eigenvalue weighted by molar-refractivity contribution is 6.13. The Balaban J connectivity index is 1.12. The predicted molar refractivity (Wildman–Crippen MR) is 210 cm³/mol. The van der Waals surface area contributed by atoms with Crippen molar-refractivity contribution in [3.8, 4) is 11.5 Å². The van der Waals surface area contributed by atoms with Gasteiger partial charge in [-0.15, -0.1) is 0 Å². The molecular weight excluding hydrogens is 705 g/mol. The number of allylic oxidation sites excluding steroid dienone is 2. The lowest BCUT2D eigenvalue weighted by atomic mass is 9.49. The van der Waals surface area contributed by atoms with Gasteiger partial charge in [0.1, 0.15) is 11.5 Å². The van der Waals surface area contributed by atoms with Gasteiger partial charge >= 0.3 is 0 Å². The Kier molecular flexibility index (Phi) is 9.04. The summed E-state index contributed by atoms with van der Waals surface area (Å²) >= 11 is 0. The molecule has 5 aliphatic rings. The van der Waals surface area contributed by atoms with Crippen molar-refractivity contribution in [2.24, 2.45) is 23.7 Å². The minimum atomic E-state index is -1.48. The number of aromatic hydroxyl groups is 1. The van der Waals surface area contributed by atoms with Gasteiger partial charge < -0.3 is 9.84 Å². The fourth-order valence-corrected chi connectivity index (χ4v) is 10.5. The number of ether oxygens (including phenoxy) is 1. The standard InChI is InChI=1S/C46H46N4O6/c1-28-13-15-31(16-14-28)47-50-43(53)38-26-36-34(41(37-25-33(56-2)17-20-39(37)51)46(38,45(50)55)30-11-7-4-8-12-30)18-19-35-40(36)44(54)49(42(35)52)32-21-23-48(24-22-32)27-29-9-5-3-6-10-29/h3-18,20,25,32,35-36,38,40-41,47,51H,19,21-24,26-27H2,1-2H3. The molecule has 4 aromatic carbocycles. The third-order valence-corrected chi connectivity index (χ3v) is 13.1. The summed E-state index contributed by atoms with van der Waals surface area (Å²) in [4.78, 5) is 63.4. The number of fused-ring (bicyclic) bond motifs is 4. The molecule has 1 saturated carbocycles. The Morgan fingerprint density at radius 1 is 0.821 bits per heavy atom. The van der Waals surface area contributed by atoms with Crippen molar-refractivity contribution in [1.82, 2.24) is 14.8 Å². The number of benzene rings is 4. The number of phenols is 1. The third-order valence-electron chi connectivity index (χ3n) is 13.1. The average Bonchev–Trinajstić information content (AvgIpc) is 3.60. The molecule has 4 fully saturated rings. The average molecular weight is 751 g/mol. The molecule has 3 aliphatic heterocycles. The summed E-state index contributed by atoms with van der Waals surface area (Å²) < 4.78 is 5.65. The molecule has 4 aromatic rings. The maximum atomic E-state index is 15.4. The summed E-state index contributed by atoms with van der Waals surface area (Å²) in [5, 5.41) is 12.8. The fraction of sp³-hybridized carbons (Fsp3) is 0.348. The molecule has 0 spiro atoms. The van der Waals surface area contributed by atoms with Crippen molar-refractivity contribution in [2.45, 2.75) is 56.5 Å². The number of likely N-dealkylation sites (tertiary alicyclic amines) is 2. The normalized spacial score (nSPS) is 27.8. The number of rotatable bonds is 8. The van der Waals surface area contributed by atoms with E-state index in [0.29, 0.717) is 41.8 Å². The van der Waals surface area contributed by atoms with Crippen molar-refractivity contribution in [2.75, 3.05) is 25.6 Å². The fourth-order valence-electron chi connectivity index (χ4n) is 10.5. The molecule has 0 aromatic heterocycles. The lowest BCUT2D eigenvalue weighted by Gasteiger charge is -2.50. The van der Waals surface area contributed by atoms with Gasteiger partial charge in [0.25, 0.3) is 11.8 Å². The molecule has 6 atom stereocenters. The summed E-state index contributed by atoms with van der Waals surface area (Å²) in [7, 11) is 1.54. The maximum absolute atomic E-state index is 15.4. The number of methoxy groups -OCH3 is 1. The Morgan fingerprint density at radius 3 is 2.21 bits per heavy atom. The monoisotopic (exact) mass is 750 g/mol. The topological polar surface area (TPSA) is 119 Å². The number of anilines is 1. The third kappa shape index (κ3) is 5.64. The number of imide groups is 2. The first-order valence-electron chi connectivity index (χ1n) is 19.7. The number of hydrogen-bond acceptors (Lipinski definition) is 8. The van der Waals surface area contributed by atoms with Crippen LogP contribution in [-0.4, -0.2) is 69.8 Å². The lowest BCUT2D eigenvalue weighted by Crippen LogP contribution is -2.53. The predicted octanol–water partition coefficient (Wildman–Crippen LogP) is 6.36. The molecular formula is C46H46N4O6. The molecule has 10 heteroatoms. The van der Waals surface area contributed by atoms with Crippen LogP contribution in [0.15, 0.2) is 115 Å². The highest BCUT2D eigenvalue weighted by Crippen LogP contribution is 2.65. The minimum Gasteiger partial charge on any atom is -0.508 e. The first-order valence-corrected chi connectivity index (χ1v) is 19.7. The number of phenolic OH excluding ortho intramolecular Hbond substituents is 1. The number of nitrogens with zero attached hydrogens (tertiary/aromatic N) is 3. The summed E-state index contributed by atoms with van der Waals surface area (Å²) in [5.41, 5.74) is 6.38. The van der Waals surface area contributed by atoms with Crippen LogP contribution in [0.1, 0.15) is 53.9 Å². The van der Waals surface area contributed by atoms with Crippen LogP contribution in [0, 0.1) is 30.6 Å². The van der Waals surface area contributed by atoms with Gasteiger partial charge in [0, 0.05) is 37.2 Å². The van der Waals surface area contributed by atoms with E-state index in [1.165, 1.54) is 5.56 Å². The zero-order valence-corrected chi connectivity index (χ0v) is 31.6. The first-order chi connectivity index (χ1) is 27.2. The molecule has 3 heterocycles. The summed E-state index contributed by atoms with van der Waals surface area (Å²) in [6, 6.07) is 31.9. The van der Waals surface area contributed by atoms with Crippen molar-refractivity contribution in [1.29, 1.82) is 0 Å². The molecule has 9 rings (SSSR count). The molecule has 0 radical (unpaired) electrons. The van der Waals surface area contributed by atoms with E-state index in [4.69, 9.17) is 4.74 Å². The second kappa shape index (κ2) is 14.1. The summed E-state index contributed by atoms with van der Waals surface area (Å²) in [6.07, 6.45) is 3.95. The van der Waals surface area contributed by atoms with E-state index in [1.807, 2.05) is 85.8 Å². The van der Waals surface area contributed by atoms with Crippen LogP contribution in [0.2, 0.25) is 0 Å². The van der Waals surface area contributed by atoms with Gasteiger partial charge in [-0.2, -0.15) is 5.01 Å². The van der Waals surface area contributed by atoms with Gasteiger partial charge in [-0.1, -0.05) is 90.0 Å². The zero-order chi connectivity index (χ0) is 38.7. The van der Waals surface area contributed by atoms with Gasteiger partial charge in [0.2, 0.25) is 11.8 Å². The quantitative estimate of drug-likeness (QED) is 0.158. The molecule has 6 unspecified atom stereocenters. The smallest absolute Gasteiger partial charge is 0.260 e. The van der Waals surface area contributed by atoms with Gasteiger partial charge in [-0.05, 0) is 80.0 Å². The first kappa shape index (κ1) is 35.9. The highest BCUT2D eigenvalue weighted by Gasteiger charge is 2.70. The summed E-state index contributed by atoms with van der Waals surface area (Å²) in [6.45, 7) is 4.34. The van der Waals surface area contributed by atoms with E-state index in [0.717, 1.165) is 35.8 Å². The molecule has 10 nitrogen and oxygen atoms in total. The Bertz CT molecular complexity index is 2220. The minimum absolute atomic E-state index is 0.0450. The molecule has 56 heavy (non-hydrogen) atoms. The number of hydrogen-bond donors (Lipinski definition) is 2. The molecule has 4 amide bonds. The largest absolute Gasteiger partial charge is 0.508 e. The van der Waals surface area contributed by atoms with Crippen molar-refractivity contribution >= 4 is 29.3 Å². The van der Waals surface area contributed by atoms with Crippen LogP contribution in [0.3, 0.4) is 0 Å². The van der Waals surface area contributed by atoms with Crippen LogP contribution in [0.25, 0.3) is 0 Å². The van der Waals surface area contributed by atoms with Crippen molar-refractivity contribution in [3.05, 3.63) is 137 Å². The number of aryl methyl sites for hydroxylation is 1. The molecule has 0 bridgehead atoms. The Labute approximate surface area is 326 Å². The molecule has 2 N–H and O–H groups in total. The second-order valence-corrected chi connectivity index (χ2v) is 16.1. The molecule has 3 saturated heterocycles. The van der Waals surface area contributed by atoms with Crippen LogP contribution < -0.4 is 10.2 Å². The van der Waals surface area contributed by atoms with Crippen LogP contribution in [0.4, 0.5) is 5.69 Å². The second-order valence-electron chi connectivity index (χ2n) is 16.1. The maximum Gasteiger partial charge on any atom is 0.260 e. The van der Waals surface area contributed by atoms with Crippen molar-refractivity contribution < 1.29 is 29.0 Å². The highest BCUT2D eigenvalue weighted by atomic mass is 16.5. The van der Waals surface area contributed by atoms with Gasteiger partial charge in [0.05, 0.1) is 36.0 Å². The number of piperidine rings is 1. The van der Waals surface area contributed by atoms with E-state index < -0.39 is 46.8 Å². The van der Waals surface area contributed by atoms with E-state index >= 15 is 4.79 Å². The number of carbonyl (C=O) groups is 4. The SMILES string of the molecule is COc1ccc(O)c(C2C3=CCC4C(=O)N(C5CCN(Cc6ccccc6)CC5)C(=O)C4C3CC3C(=O)N(Nc4ccc(C)cc4)C(=O)C32c2ccccc2)c1. The number of nitrogens with one attached hydrogen (secondary N) is 1. The Morgan fingerprint density at radius 2 is 1.52 bits per heavy atom. The lowest BCUT2D eigenvalue weighted by molar-refractivity contribution is -0.144. The number of hydrazine groups is 1. The Hall–Kier alpha value is -5.74. The van der Waals surface area contributed by atoms with E-state index in [2.05, 4.69) is 22.5 Å². The van der Waals surface area contributed by atoms with Gasteiger partial charge in [-0.25, -0.2) is 0 Å². The van der Waals surface area contributed by atoms with E-state index in [1.54, 1.807) is 30.2 Å². The van der Waals surface area contributed by atoms with Crippen LogP contribution in [0.5, 0.6) is 11.5 Å². The van der Waals surface area contributed by atoms with Gasteiger partial charge in [-0.3, -0.25) is 34.4 Å². The number of carbonyl (C=O) groups excluding carboxylic acids is 4.